The Labute approximate surface area is 187 Å². The molecule has 2 aromatic carbocycles. The van der Waals surface area contributed by atoms with Gasteiger partial charge in [0, 0.05) is 26.2 Å². The molecule has 1 aliphatic rings. The number of carbonyl (C=O) groups is 1. The van der Waals surface area contributed by atoms with E-state index in [1.165, 1.54) is 0 Å². The summed E-state index contributed by atoms with van der Waals surface area (Å²) in [5.41, 5.74) is 3.18. The maximum atomic E-state index is 13.1. The summed E-state index contributed by atoms with van der Waals surface area (Å²) < 4.78 is 27.7. The molecule has 1 saturated heterocycles. The first-order chi connectivity index (χ1) is 15.6. The lowest BCUT2D eigenvalue weighted by atomic mass is 10.3. The third-order valence-corrected chi connectivity index (χ3v) is 6.33. The van der Waals surface area contributed by atoms with Crippen molar-refractivity contribution in [3.05, 3.63) is 48.5 Å². The zero-order chi connectivity index (χ0) is 22.1. The van der Waals surface area contributed by atoms with Crippen LogP contribution in [0.3, 0.4) is 0 Å². The van der Waals surface area contributed by atoms with Crippen LogP contribution >= 0.6 is 11.8 Å². The highest BCUT2D eigenvalue weighted by Crippen LogP contribution is 2.28. The third-order valence-electron chi connectivity index (χ3n) is 5.63. The lowest BCUT2D eigenvalue weighted by Crippen LogP contribution is -2.37. The average Bonchev–Trinajstić information content (AvgIpc) is 3.25. The summed E-state index contributed by atoms with van der Waals surface area (Å²) in [6.45, 7) is 2.57. The second-order valence-electron chi connectivity index (χ2n) is 7.65. The molecule has 0 spiro atoms. The summed E-state index contributed by atoms with van der Waals surface area (Å²) in [6.07, 6.45) is 0.798. The van der Waals surface area contributed by atoms with Crippen LogP contribution in [-0.2, 0) is 11.3 Å². The van der Waals surface area contributed by atoms with Crippen LogP contribution in [0.15, 0.2) is 53.7 Å². The predicted molar refractivity (Wildman–Crippen MR) is 121 cm³/mol. The molecule has 1 aliphatic heterocycles. The van der Waals surface area contributed by atoms with Crippen LogP contribution in [0.25, 0.3) is 22.1 Å². The monoisotopic (exact) mass is 456 g/mol. The number of para-hydroxylation sites is 4. The van der Waals surface area contributed by atoms with Gasteiger partial charge in [0.15, 0.2) is 5.16 Å². The Morgan fingerprint density at radius 1 is 1.00 bits per heavy atom. The molecule has 0 unspecified atom stereocenters. The Balaban J connectivity index is 1.31. The number of thioether (sulfide) groups is 1. The number of amides is 1. The molecule has 0 saturated carbocycles. The lowest BCUT2D eigenvalue weighted by molar-refractivity contribution is -0.131. The predicted octanol–water partition coefficient (Wildman–Crippen LogP) is 3.97. The Kier molecular flexibility index (Phi) is 5.69. The normalized spacial score (nSPS) is 15.1. The minimum atomic E-state index is -2.60. The zero-order valence-electron chi connectivity index (χ0n) is 17.2. The molecule has 7 nitrogen and oxygen atoms in total. The third kappa shape index (κ3) is 4.14. The van der Waals surface area contributed by atoms with Crippen molar-refractivity contribution in [3.8, 4) is 0 Å². The van der Waals surface area contributed by atoms with Crippen molar-refractivity contribution in [2.75, 3.05) is 31.1 Å². The minimum absolute atomic E-state index is 0.0137. The van der Waals surface area contributed by atoms with E-state index >= 15 is 0 Å². The second-order valence-corrected chi connectivity index (χ2v) is 8.60. The number of aromatic nitrogens is 4. The largest absolute Gasteiger partial charge is 0.341 e. The van der Waals surface area contributed by atoms with Crippen molar-refractivity contribution < 1.29 is 13.6 Å². The molecule has 0 bridgehead atoms. The molecule has 1 amide bonds. The quantitative estimate of drug-likeness (QED) is 0.460. The van der Waals surface area contributed by atoms with Gasteiger partial charge in [-0.3, -0.25) is 4.79 Å². The Bertz CT molecular complexity index is 1220. The molecule has 1 fully saturated rings. The van der Waals surface area contributed by atoms with Gasteiger partial charge in [0.2, 0.25) is 11.9 Å². The van der Waals surface area contributed by atoms with Crippen LogP contribution in [0, 0.1) is 0 Å². The number of fused-ring (bicyclic) bond motifs is 2. The number of hydrogen-bond donors (Lipinski definition) is 1. The second kappa shape index (κ2) is 8.78. The SMILES string of the molecule is O=C(Cn1c(SC(F)F)nc2ccccc21)N1CCCN(c2nc3ccccc3[nH]2)CC1. The minimum Gasteiger partial charge on any atom is -0.341 e. The number of halogens is 2. The summed E-state index contributed by atoms with van der Waals surface area (Å²) in [6, 6.07) is 15.1. The van der Waals surface area contributed by atoms with Gasteiger partial charge in [-0.1, -0.05) is 24.3 Å². The van der Waals surface area contributed by atoms with Gasteiger partial charge in [-0.25, -0.2) is 9.97 Å². The molecule has 0 radical (unpaired) electrons. The molecule has 10 heteroatoms. The fourth-order valence-electron chi connectivity index (χ4n) is 4.08. The van der Waals surface area contributed by atoms with Gasteiger partial charge in [0.25, 0.3) is 5.76 Å². The Hall–Kier alpha value is -3.14. The summed E-state index contributed by atoms with van der Waals surface area (Å²) in [5.74, 6) is -1.90. The van der Waals surface area contributed by atoms with Gasteiger partial charge in [-0.2, -0.15) is 8.78 Å². The van der Waals surface area contributed by atoms with Gasteiger partial charge < -0.3 is 19.4 Å². The van der Waals surface area contributed by atoms with Crippen molar-refractivity contribution >= 4 is 45.7 Å². The van der Waals surface area contributed by atoms with Crippen LogP contribution in [0.2, 0.25) is 0 Å². The van der Waals surface area contributed by atoms with E-state index in [1.54, 1.807) is 27.7 Å². The maximum Gasteiger partial charge on any atom is 0.291 e. The van der Waals surface area contributed by atoms with Gasteiger partial charge in [-0.15, -0.1) is 0 Å². The molecular weight excluding hydrogens is 434 g/mol. The van der Waals surface area contributed by atoms with Crippen LogP contribution in [-0.4, -0.2) is 62.3 Å². The number of carbonyl (C=O) groups excluding carboxylic acids is 1. The van der Waals surface area contributed by atoms with Gasteiger partial charge in [0.1, 0.15) is 6.54 Å². The van der Waals surface area contributed by atoms with Crippen molar-refractivity contribution in [3.63, 3.8) is 0 Å². The number of aromatic amines is 1. The molecule has 2 aromatic heterocycles. The highest BCUT2D eigenvalue weighted by Gasteiger charge is 2.23. The number of nitrogens with one attached hydrogen (secondary N) is 1. The fourth-order valence-corrected chi connectivity index (χ4v) is 4.68. The smallest absolute Gasteiger partial charge is 0.291 e. The molecular formula is C22H22F2N6OS. The Morgan fingerprint density at radius 3 is 2.59 bits per heavy atom. The molecule has 0 atom stereocenters. The molecule has 166 valence electrons. The first kappa shape index (κ1) is 20.7. The molecule has 1 N–H and O–H groups in total. The van der Waals surface area contributed by atoms with E-state index in [1.807, 2.05) is 30.3 Å². The van der Waals surface area contributed by atoms with E-state index in [2.05, 4.69) is 19.9 Å². The molecule has 5 rings (SSSR count). The fraction of sp³-hybridized carbons (Fsp3) is 0.318. The van der Waals surface area contributed by atoms with Crippen LogP contribution in [0.5, 0.6) is 0 Å². The lowest BCUT2D eigenvalue weighted by Gasteiger charge is -2.22. The van der Waals surface area contributed by atoms with Crippen molar-refractivity contribution in [1.82, 2.24) is 24.4 Å². The van der Waals surface area contributed by atoms with Crippen molar-refractivity contribution in [2.24, 2.45) is 0 Å². The number of anilines is 1. The van der Waals surface area contributed by atoms with Crippen molar-refractivity contribution in [1.29, 1.82) is 0 Å². The molecule has 32 heavy (non-hydrogen) atoms. The zero-order valence-corrected chi connectivity index (χ0v) is 18.1. The topological polar surface area (TPSA) is 70.1 Å². The number of H-pyrrole nitrogens is 1. The summed E-state index contributed by atoms with van der Waals surface area (Å²) in [7, 11) is 0. The Morgan fingerprint density at radius 2 is 1.78 bits per heavy atom. The van der Waals surface area contributed by atoms with E-state index < -0.39 is 5.76 Å². The summed E-state index contributed by atoms with van der Waals surface area (Å²) in [5, 5.41) is 0.160. The van der Waals surface area contributed by atoms with E-state index in [9.17, 15) is 13.6 Å². The van der Waals surface area contributed by atoms with E-state index in [0.717, 1.165) is 29.9 Å². The van der Waals surface area contributed by atoms with E-state index in [4.69, 9.17) is 0 Å². The maximum absolute atomic E-state index is 13.1. The number of nitrogens with zero attached hydrogens (tertiary/aromatic N) is 5. The number of benzene rings is 2. The summed E-state index contributed by atoms with van der Waals surface area (Å²) >= 11 is 0.370. The first-order valence-electron chi connectivity index (χ1n) is 10.5. The van der Waals surface area contributed by atoms with Gasteiger partial charge in [0.05, 0.1) is 22.1 Å². The van der Waals surface area contributed by atoms with Crippen molar-refractivity contribution in [2.45, 2.75) is 23.9 Å². The number of imidazole rings is 2. The van der Waals surface area contributed by atoms with Crippen LogP contribution < -0.4 is 4.90 Å². The molecule has 0 aliphatic carbocycles. The van der Waals surface area contributed by atoms with Crippen LogP contribution in [0.1, 0.15) is 6.42 Å². The number of alkyl halides is 2. The first-order valence-corrected chi connectivity index (χ1v) is 11.3. The highest BCUT2D eigenvalue weighted by molar-refractivity contribution is 7.99. The van der Waals surface area contributed by atoms with E-state index in [-0.39, 0.29) is 17.6 Å². The van der Waals surface area contributed by atoms with Gasteiger partial charge in [-0.05, 0) is 42.4 Å². The standard InChI is InChI=1S/C22H22F2N6OS/c23-20(24)32-22-27-17-8-3-4-9-18(17)30(22)14-19(31)28-10-5-11-29(13-12-28)21-25-15-6-1-2-7-16(15)26-21/h1-4,6-9,20H,5,10-14H2,(H,25,26). The van der Waals surface area contributed by atoms with E-state index in [0.29, 0.717) is 42.4 Å². The number of rotatable bonds is 5. The van der Waals surface area contributed by atoms with Gasteiger partial charge >= 0.3 is 0 Å². The summed E-state index contributed by atoms with van der Waals surface area (Å²) in [4.78, 5) is 29.4. The average molecular weight is 457 g/mol. The van der Waals surface area contributed by atoms with Crippen LogP contribution in [0.4, 0.5) is 14.7 Å². The highest BCUT2D eigenvalue weighted by atomic mass is 32.2. The molecule has 4 aromatic rings. The number of hydrogen-bond acceptors (Lipinski definition) is 5. The molecule has 3 heterocycles.